The maximum Gasteiger partial charge on any atom is 0.361 e. The van der Waals surface area contributed by atoms with Crippen LogP contribution >= 0.6 is 11.6 Å². The second-order valence-electron chi connectivity index (χ2n) is 11.2. The van der Waals surface area contributed by atoms with Gasteiger partial charge in [-0.1, -0.05) is 85.6 Å². The van der Waals surface area contributed by atoms with Gasteiger partial charge in [0.05, 0.1) is 0 Å². The van der Waals surface area contributed by atoms with Crippen molar-refractivity contribution in [3.05, 3.63) is 122 Å². The van der Waals surface area contributed by atoms with Crippen LogP contribution in [0, 0.1) is 10.1 Å². The number of carbonyl (C=O) groups is 3. The van der Waals surface area contributed by atoms with E-state index >= 15 is 0 Å². The molecule has 1 amide bonds. The molecule has 1 unspecified atom stereocenters. The minimum Gasteiger partial charge on any atom is -0.428 e. The molecule has 0 aliphatic carbocycles. The number of unbranched alkanes of at least 4 members (excludes halogenated alkanes) is 1. The maximum atomic E-state index is 13.0. The summed E-state index contributed by atoms with van der Waals surface area (Å²) in [5.41, 5.74) is 9.91. The van der Waals surface area contributed by atoms with E-state index in [-0.39, 0.29) is 41.9 Å². The number of methoxy groups -OCH3 is 1. The third-order valence-corrected chi connectivity index (χ3v) is 7.79. The number of benzene rings is 3. The van der Waals surface area contributed by atoms with Gasteiger partial charge in [-0.3, -0.25) is 9.59 Å². The van der Waals surface area contributed by atoms with Crippen LogP contribution in [0.4, 0.5) is 0 Å². The fraction of sp³-hybridized carbons (Fsp3) is 0.306. The number of esters is 1. The van der Waals surface area contributed by atoms with Crippen molar-refractivity contribution in [1.29, 1.82) is 0 Å². The second-order valence-corrected chi connectivity index (χ2v) is 11.6. The van der Waals surface area contributed by atoms with E-state index < -0.39 is 23.3 Å². The van der Waals surface area contributed by atoms with E-state index in [2.05, 4.69) is 19.7 Å². The van der Waals surface area contributed by atoms with Gasteiger partial charge in [0, 0.05) is 44.7 Å². The van der Waals surface area contributed by atoms with Crippen molar-refractivity contribution in [3.63, 3.8) is 0 Å². The van der Waals surface area contributed by atoms with E-state index in [0.29, 0.717) is 34.1 Å². The van der Waals surface area contributed by atoms with Gasteiger partial charge in [0.15, 0.2) is 16.7 Å². The van der Waals surface area contributed by atoms with Crippen LogP contribution in [0.25, 0.3) is 11.1 Å². The van der Waals surface area contributed by atoms with Crippen LogP contribution < -0.4 is 11.6 Å². The number of amides is 1. The van der Waals surface area contributed by atoms with Crippen molar-refractivity contribution in [2.75, 3.05) is 13.7 Å². The molecule has 0 saturated heterocycles. The number of carbonyl (C=O) groups excluding carboxylic acids is 3. The lowest BCUT2D eigenvalue weighted by atomic mass is 9.98. The summed E-state index contributed by atoms with van der Waals surface area (Å²) in [6.07, 6.45) is 1.20. The number of ether oxygens (including phenoxy) is 3. The van der Waals surface area contributed by atoms with Gasteiger partial charge in [-0.2, -0.15) is 5.12 Å². The highest BCUT2D eigenvalue weighted by atomic mass is 35.5. The Kier molecular flexibility index (Phi) is 16.4. The number of amidine groups is 1. The summed E-state index contributed by atoms with van der Waals surface area (Å²) in [5, 5.41) is 14.2. The highest BCUT2D eigenvalue weighted by Crippen LogP contribution is 2.26. The molecule has 0 aliphatic rings. The van der Waals surface area contributed by atoms with Gasteiger partial charge in [0.2, 0.25) is 6.29 Å². The minimum absolute atomic E-state index is 0.0125. The molecule has 16 nitrogen and oxygen atoms in total. The van der Waals surface area contributed by atoms with Gasteiger partial charge >= 0.3 is 5.97 Å². The molecule has 4 aromatic rings. The van der Waals surface area contributed by atoms with E-state index in [1.165, 1.54) is 31.2 Å². The zero-order valence-electron chi connectivity index (χ0n) is 29.8. The highest BCUT2D eigenvalue weighted by molar-refractivity contribution is 6.32. The molecule has 53 heavy (non-hydrogen) atoms. The molecule has 282 valence electrons. The van der Waals surface area contributed by atoms with Crippen LogP contribution in [0.15, 0.2) is 77.9 Å². The Labute approximate surface area is 311 Å². The summed E-state index contributed by atoms with van der Waals surface area (Å²) in [4.78, 5) is 55.7. The molecule has 17 heteroatoms. The Morgan fingerprint density at radius 3 is 2.32 bits per heavy atom. The van der Waals surface area contributed by atoms with E-state index in [1.807, 2.05) is 50.2 Å². The first-order valence-corrected chi connectivity index (χ1v) is 16.8. The molecule has 3 aromatic carbocycles. The number of hydrogen-bond donors (Lipinski definition) is 2. The van der Waals surface area contributed by atoms with Gasteiger partial charge in [-0.15, -0.1) is 15.2 Å². The number of aromatic nitrogens is 2. The average molecular weight is 752 g/mol. The fourth-order valence-electron chi connectivity index (χ4n) is 4.82. The van der Waals surface area contributed by atoms with Crippen molar-refractivity contribution >= 4 is 35.8 Å². The van der Waals surface area contributed by atoms with Crippen molar-refractivity contribution in [2.45, 2.75) is 59.5 Å². The first-order chi connectivity index (χ1) is 25.4. The molecule has 0 aliphatic heterocycles. The highest BCUT2D eigenvalue weighted by Gasteiger charge is 2.25. The number of halogens is 1. The van der Waals surface area contributed by atoms with Crippen molar-refractivity contribution < 1.29 is 38.5 Å². The number of nitrogens with two attached hydrogens (primary N) is 2. The predicted octanol–water partition coefficient (Wildman–Crippen LogP) is 5.27. The van der Waals surface area contributed by atoms with Gasteiger partial charge in [0.1, 0.15) is 12.4 Å². The molecule has 1 atom stereocenters. The number of rotatable bonds is 17. The zero-order chi connectivity index (χ0) is 38.9. The first kappa shape index (κ1) is 41.6. The predicted molar refractivity (Wildman–Crippen MR) is 196 cm³/mol. The summed E-state index contributed by atoms with van der Waals surface area (Å²) in [6, 6.07) is 20.6. The monoisotopic (exact) mass is 751 g/mol. The molecule has 1 heterocycles. The summed E-state index contributed by atoms with van der Waals surface area (Å²) < 4.78 is 16.2. The lowest BCUT2D eigenvalue weighted by molar-refractivity contribution is -0.763. The average Bonchev–Trinajstić information content (AvgIpc) is 3.47. The maximum absolute atomic E-state index is 13.0. The Hall–Kier alpha value is -5.84. The number of imidazole rings is 1. The SMILES string of the molecule is CCCCc1nc(Cl)c(C(=O)OC(C)OC=O)n1Cc1ccc(-c2ccccc2/C(N)=N/N(N)C(=O)c2ccc(CO[N+](=O)[O-])cc2)cc1.CCOC. The standard InChI is InChI=1S/C33H34ClN7O8.C3H8O/c1-3-4-9-28-37-30(34)29(33(44)49-21(2)47-20-42)39(28)18-22-10-14-24(15-11-22)26-7-5-6-8-27(26)31(35)38-40(36)32(43)25-16-12-23(13-17-25)19-48-41(45)46;1-3-4-2/h5-8,10-17,20-21H,3-4,9,18-19,36H2,1-2H3,(H2,35,38);3H2,1-2H3. The zero-order valence-corrected chi connectivity index (χ0v) is 30.5. The lowest BCUT2D eigenvalue weighted by Crippen LogP contribution is -2.35. The van der Waals surface area contributed by atoms with Crippen LogP contribution in [0.1, 0.15) is 77.0 Å². The van der Waals surface area contributed by atoms with Gasteiger partial charge < -0.3 is 29.3 Å². The molecule has 1 aromatic heterocycles. The summed E-state index contributed by atoms with van der Waals surface area (Å²) in [5.74, 6) is 5.12. The Morgan fingerprint density at radius 1 is 1.08 bits per heavy atom. The Morgan fingerprint density at radius 2 is 1.72 bits per heavy atom. The number of hydrazone groups is 1. The number of aryl methyl sites for hydroxylation is 1. The second kappa shape index (κ2) is 20.9. The van der Waals surface area contributed by atoms with Crippen molar-refractivity contribution in [2.24, 2.45) is 16.7 Å². The molecule has 0 radical (unpaired) electrons. The number of hydrogen-bond acceptors (Lipinski definition) is 12. The van der Waals surface area contributed by atoms with Crippen molar-refractivity contribution in [3.8, 4) is 11.1 Å². The molecule has 0 fully saturated rings. The van der Waals surface area contributed by atoms with Crippen LogP contribution in [-0.4, -0.2) is 63.9 Å². The first-order valence-electron chi connectivity index (χ1n) is 16.5. The molecule has 0 bridgehead atoms. The van der Waals surface area contributed by atoms with Crippen LogP contribution in [0.3, 0.4) is 0 Å². The third kappa shape index (κ3) is 12.1. The summed E-state index contributed by atoms with van der Waals surface area (Å²) in [7, 11) is 1.68. The quantitative estimate of drug-likeness (QED) is 0.0162. The topological polar surface area (TPSA) is 217 Å². The molecule has 4 rings (SSSR count). The van der Waals surface area contributed by atoms with Crippen LogP contribution in [-0.2, 0) is 43.4 Å². The largest absolute Gasteiger partial charge is 0.428 e. The minimum atomic E-state index is -1.11. The van der Waals surface area contributed by atoms with E-state index in [9.17, 15) is 24.5 Å². The number of hydrazine groups is 1. The van der Waals surface area contributed by atoms with Gasteiger partial charge in [-0.25, -0.2) is 15.6 Å². The van der Waals surface area contributed by atoms with E-state index in [1.54, 1.807) is 23.8 Å². The smallest absolute Gasteiger partial charge is 0.361 e. The van der Waals surface area contributed by atoms with Crippen LogP contribution in [0.5, 0.6) is 0 Å². The normalized spacial score (nSPS) is 11.5. The Balaban J connectivity index is 0.00000180. The summed E-state index contributed by atoms with van der Waals surface area (Å²) >= 11 is 6.40. The van der Waals surface area contributed by atoms with Crippen molar-refractivity contribution in [1.82, 2.24) is 14.7 Å². The molecule has 4 N–H and O–H groups in total. The molecular weight excluding hydrogens is 710 g/mol. The van der Waals surface area contributed by atoms with E-state index in [4.69, 9.17) is 32.7 Å². The van der Waals surface area contributed by atoms with Gasteiger partial charge in [-0.05, 0) is 47.7 Å². The fourth-order valence-corrected chi connectivity index (χ4v) is 5.10. The Bertz CT molecular complexity index is 1860. The molecular formula is C36H42ClN7O9. The van der Waals surface area contributed by atoms with E-state index in [0.717, 1.165) is 30.6 Å². The van der Waals surface area contributed by atoms with Gasteiger partial charge in [0.25, 0.3) is 17.5 Å². The molecule has 0 saturated carbocycles. The lowest BCUT2D eigenvalue weighted by Gasteiger charge is -2.15. The van der Waals surface area contributed by atoms with Crippen LogP contribution in [0.2, 0.25) is 5.15 Å². The third-order valence-electron chi connectivity index (χ3n) is 7.53. The molecule has 0 spiro atoms. The number of nitrogens with zero attached hydrogens (tertiary/aromatic N) is 5. The summed E-state index contributed by atoms with van der Waals surface area (Å²) in [6.45, 7) is 6.42.